The molecule has 0 saturated carbocycles. The number of aromatic nitrogens is 2. The average molecular weight is 369 g/mol. The molecule has 0 unspecified atom stereocenters. The highest BCUT2D eigenvalue weighted by molar-refractivity contribution is 7.92. The smallest absolute Gasteiger partial charge is 0.262 e. The van der Waals surface area contributed by atoms with E-state index in [0.717, 1.165) is 29.5 Å². The Bertz CT molecular complexity index is 1100. The van der Waals surface area contributed by atoms with Gasteiger partial charge in [0.1, 0.15) is 0 Å². The van der Waals surface area contributed by atoms with Crippen LogP contribution < -0.4 is 4.72 Å². The molecule has 134 valence electrons. The van der Waals surface area contributed by atoms with Gasteiger partial charge in [0, 0.05) is 34.8 Å². The summed E-state index contributed by atoms with van der Waals surface area (Å²) in [6.45, 7) is 1.91. The summed E-state index contributed by atoms with van der Waals surface area (Å²) < 4.78 is 28.4. The van der Waals surface area contributed by atoms with Gasteiger partial charge in [0.15, 0.2) is 5.78 Å². The Morgan fingerprint density at radius 1 is 1.27 bits per heavy atom. The minimum Gasteiger partial charge on any atom is -0.358 e. The van der Waals surface area contributed by atoms with Gasteiger partial charge in [-0.05, 0) is 49.1 Å². The van der Waals surface area contributed by atoms with Gasteiger partial charge in [-0.25, -0.2) is 8.42 Å². The third-order valence-corrected chi connectivity index (χ3v) is 6.21. The molecule has 0 saturated heterocycles. The standard InChI is InChI=1S/C19H19N3O3S/c1-2-12-9-14-16(21-15-6-3-7-17(23)19(14)15)10-18(12)26(24,25)22-13-5-4-8-20-11-13/h4-5,8-11,21-22H,2-3,6-7H2,1H3. The number of sulfonamides is 1. The van der Waals surface area contributed by atoms with Gasteiger partial charge in [-0.1, -0.05) is 6.92 Å². The number of aryl methyl sites for hydroxylation is 2. The number of benzene rings is 1. The second-order valence-corrected chi connectivity index (χ2v) is 8.11. The Hall–Kier alpha value is -2.67. The minimum absolute atomic E-state index is 0.128. The lowest BCUT2D eigenvalue weighted by Gasteiger charge is -2.12. The number of hydrogen-bond acceptors (Lipinski definition) is 4. The lowest BCUT2D eigenvalue weighted by atomic mass is 9.94. The van der Waals surface area contributed by atoms with Crippen LogP contribution in [0.2, 0.25) is 0 Å². The van der Waals surface area contributed by atoms with E-state index in [1.807, 2.05) is 13.0 Å². The molecule has 6 nitrogen and oxygen atoms in total. The molecule has 4 rings (SSSR count). The summed E-state index contributed by atoms with van der Waals surface area (Å²) in [4.78, 5) is 19.7. The summed E-state index contributed by atoms with van der Waals surface area (Å²) in [5.74, 6) is 0.128. The molecule has 1 aromatic carbocycles. The molecule has 0 spiro atoms. The molecule has 0 bridgehead atoms. The molecule has 26 heavy (non-hydrogen) atoms. The molecule has 7 heteroatoms. The number of anilines is 1. The van der Waals surface area contributed by atoms with Crippen LogP contribution in [0.25, 0.3) is 10.9 Å². The first-order valence-corrected chi connectivity index (χ1v) is 10.1. The van der Waals surface area contributed by atoms with Crippen LogP contribution in [-0.2, 0) is 22.9 Å². The number of ketones is 1. The highest BCUT2D eigenvalue weighted by atomic mass is 32.2. The quantitative estimate of drug-likeness (QED) is 0.737. The predicted molar refractivity (Wildman–Crippen MR) is 100.0 cm³/mol. The van der Waals surface area contributed by atoms with Gasteiger partial charge in [0.25, 0.3) is 10.0 Å². The summed E-state index contributed by atoms with van der Waals surface area (Å²) >= 11 is 0. The maximum atomic E-state index is 12.9. The molecule has 1 aliphatic carbocycles. The Morgan fingerprint density at radius 2 is 2.12 bits per heavy atom. The van der Waals surface area contributed by atoms with Crippen LogP contribution >= 0.6 is 0 Å². The monoisotopic (exact) mass is 369 g/mol. The maximum Gasteiger partial charge on any atom is 0.262 e. The fourth-order valence-electron chi connectivity index (χ4n) is 3.54. The number of carbonyl (C=O) groups excluding carboxylic acids is 1. The van der Waals surface area contributed by atoms with Crippen LogP contribution in [0.5, 0.6) is 0 Å². The second-order valence-electron chi connectivity index (χ2n) is 6.46. The summed E-state index contributed by atoms with van der Waals surface area (Å²) in [6.07, 6.45) is 5.78. The number of carbonyl (C=O) groups is 1. The topological polar surface area (TPSA) is 91.9 Å². The summed E-state index contributed by atoms with van der Waals surface area (Å²) in [5, 5.41) is 0.821. The molecule has 0 radical (unpaired) electrons. The number of nitrogens with zero attached hydrogens (tertiary/aromatic N) is 1. The van der Waals surface area contributed by atoms with E-state index in [9.17, 15) is 13.2 Å². The van der Waals surface area contributed by atoms with Crippen molar-refractivity contribution in [3.8, 4) is 0 Å². The van der Waals surface area contributed by atoms with Crippen LogP contribution in [0.1, 0.15) is 41.4 Å². The van der Waals surface area contributed by atoms with Gasteiger partial charge in [0.2, 0.25) is 0 Å². The molecule has 0 atom stereocenters. The van der Waals surface area contributed by atoms with Crippen molar-refractivity contribution in [3.05, 3.63) is 53.5 Å². The second kappa shape index (κ2) is 6.25. The Morgan fingerprint density at radius 3 is 2.85 bits per heavy atom. The highest BCUT2D eigenvalue weighted by Gasteiger charge is 2.25. The van der Waals surface area contributed by atoms with E-state index < -0.39 is 10.0 Å². The van der Waals surface area contributed by atoms with Crippen molar-refractivity contribution in [1.29, 1.82) is 0 Å². The Labute approximate surface area is 151 Å². The van der Waals surface area contributed by atoms with Crippen molar-refractivity contribution >= 4 is 32.4 Å². The normalized spacial score (nSPS) is 14.4. The van der Waals surface area contributed by atoms with Crippen molar-refractivity contribution in [2.45, 2.75) is 37.5 Å². The van der Waals surface area contributed by atoms with Crippen LogP contribution in [0.3, 0.4) is 0 Å². The molecule has 2 aromatic heterocycles. The molecule has 1 aliphatic rings. The number of rotatable bonds is 4. The van der Waals surface area contributed by atoms with Gasteiger partial charge in [-0.2, -0.15) is 0 Å². The zero-order valence-corrected chi connectivity index (χ0v) is 15.2. The zero-order chi connectivity index (χ0) is 18.3. The number of pyridine rings is 1. The third-order valence-electron chi connectivity index (χ3n) is 4.75. The summed E-state index contributed by atoms with van der Waals surface area (Å²) in [7, 11) is -3.76. The van der Waals surface area contributed by atoms with E-state index >= 15 is 0 Å². The van der Waals surface area contributed by atoms with E-state index in [2.05, 4.69) is 14.7 Å². The van der Waals surface area contributed by atoms with Crippen LogP contribution in [0, 0.1) is 0 Å². The zero-order valence-electron chi connectivity index (χ0n) is 14.4. The largest absolute Gasteiger partial charge is 0.358 e. The van der Waals surface area contributed by atoms with E-state index in [4.69, 9.17) is 0 Å². The maximum absolute atomic E-state index is 12.9. The van der Waals surface area contributed by atoms with Gasteiger partial charge in [-0.15, -0.1) is 0 Å². The van der Waals surface area contributed by atoms with Gasteiger partial charge < -0.3 is 4.98 Å². The van der Waals surface area contributed by atoms with Crippen molar-refractivity contribution in [1.82, 2.24) is 9.97 Å². The highest BCUT2D eigenvalue weighted by Crippen LogP contribution is 2.33. The van der Waals surface area contributed by atoms with Crippen molar-refractivity contribution < 1.29 is 13.2 Å². The average Bonchev–Trinajstić information content (AvgIpc) is 3.00. The van der Waals surface area contributed by atoms with Crippen LogP contribution in [0.15, 0.2) is 41.6 Å². The van der Waals surface area contributed by atoms with Crippen LogP contribution in [0.4, 0.5) is 5.69 Å². The van der Waals surface area contributed by atoms with E-state index in [1.165, 1.54) is 6.20 Å². The Balaban J connectivity index is 1.86. The molecule has 0 fully saturated rings. The summed E-state index contributed by atoms with van der Waals surface area (Å²) in [6, 6.07) is 6.80. The fraction of sp³-hybridized carbons (Fsp3) is 0.263. The van der Waals surface area contributed by atoms with Gasteiger partial charge in [0.05, 0.1) is 16.8 Å². The van der Waals surface area contributed by atoms with E-state index in [1.54, 1.807) is 24.4 Å². The fourth-order valence-corrected chi connectivity index (χ4v) is 4.90. The first-order chi connectivity index (χ1) is 12.5. The SMILES string of the molecule is CCc1cc2c3c([nH]c2cc1S(=O)(=O)Nc1cccnc1)CCCC3=O. The number of hydrogen-bond donors (Lipinski definition) is 2. The van der Waals surface area contributed by atoms with E-state index in [0.29, 0.717) is 29.6 Å². The predicted octanol–water partition coefficient (Wildman–Crippen LogP) is 3.45. The molecular formula is C19H19N3O3S. The molecular weight excluding hydrogens is 350 g/mol. The number of fused-ring (bicyclic) bond motifs is 3. The van der Waals surface area contributed by atoms with Gasteiger partial charge in [-0.3, -0.25) is 14.5 Å². The lowest BCUT2D eigenvalue weighted by Crippen LogP contribution is -2.15. The number of H-pyrrole nitrogens is 1. The van der Waals surface area contributed by atoms with Crippen molar-refractivity contribution in [2.75, 3.05) is 4.72 Å². The molecule has 0 amide bonds. The van der Waals surface area contributed by atoms with Crippen LogP contribution in [-0.4, -0.2) is 24.2 Å². The Kier molecular flexibility index (Phi) is 4.03. The number of Topliss-reactive ketones (excluding diaryl/α,β-unsaturated/α-hetero) is 1. The summed E-state index contributed by atoms with van der Waals surface area (Å²) in [5.41, 5.74) is 3.43. The number of aromatic amines is 1. The van der Waals surface area contributed by atoms with E-state index in [-0.39, 0.29) is 10.7 Å². The molecule has 2 N–H and O–H groups in total. The number of nitrogens with one attached hydrogen (secondary N) is 2. The minimum atomic E-state index is -3.76. The van der Waals surface area contributed by atoms with Crippen molar-refractivity contribution in [2.24, 2.45) is 0 Å². The molecule has 2 heterocycles. The first kappa shape index (κ1) is 16.8. The lowest BCUT2D eigenvalue weighted by molar-refractivity contribution is 0.0974. The molecule has 3 aromatic rings. The third kappa shape index (κ3) is 2.78. The first-order valence-electron chi connectivity index (χ1n) is 8.63. The van der Waals surface area contributed by atoms with Gasteiger partial charge >= 0.3 is 0 Å². The molecule has 0 aliphatic heterocycles. The van der Waals surface area contributed by atoms with Crippen molar-refractivity contribution in [3.63, 3.8) is 0 Å².